The number of amides is 2. The summed E-state index contributed by atoms with van der Waals surface area (Å²) in [7, 11) is -3.55. The molecule has 5 rings (SSSR count). The second-order valence-corrected chi connectivity index (χ2v) is 13.7. The van der Waals surface area contributed by atoms with Crippen LogP contribution in [-0.4, -0.2) is 71.3 Å². The Kier molecular flexibility index (Phi) is 7.35. The number of thiazole rings is 1. The molecule has 0 bridgehead atoms. The van der Waals surface area contributed by atoms with Gasteiger partial charge in [-0.15, -0.1) is 11.3 Å². The molecular formula is C26H32N6O5S2. The third-order valence-corrected chi connectivity index (χ3v) is 10.2. The van der Waals surface area contributed by atoms with Crippen molar-refractivity contribution in [3.8, 4) is 11.4 Å². The molecule has 3 N–H and O–H groups in total. The van der Waals surface area contributed by atoms with Gasteiger partial charge in [0, 0.05) is 40.9 Å². The van der Waals surface area contributed by atoms with Crippen molar-refractivity contribution in [1.29, 1.82) is 0 Å². The zero-order valence-electron chi connectivity index (χ0n) is 22.2. The monoisotopic (exact) mass is 572 g/mol. The summed E-state index contributed by atoms with van der Waals surface area (Å²) in [5.41, 5.74) is 1.29. The summed E-state index contributed by atoms with van der Waals surface area (Å²) in [5, 5.41) is 16.1. The van der Waals surface area contributed by atoms with Gasteiger partial charge in [0.2, 0.25) is 14.2 Å². The molecule has 1 saturated carbocycles. The van der Waals surface area contributed by atoms with Gasteiger partial charge in [-0.3, -0.25) is 0 Å². The highest BCUT2D eigenvalue weighted by atomic mass is 32.2. The van der Waals surface area contributed by atoms with E-state index in [-0.39, 0.29) is 16.3 Å². The Hall–Kier alpha value is -3.13. The van der Waals surface area contributed by atoms with Crippen LogP contribution >= 0.6 is 11.3 Å². The lowest BCUT2D eigenvalue weighted by Gasteiger charge is -2.34. The Morgan fingerprint density at radius 3 is 2.59 bits per heavy atom. The number of aryl methyl sites for hydroxylation is 1. The molecule has 3 atom stereocenters. The Morgan fingerprint density at radius 2 is 1.95 bits per heavy atom. The number of carbonyl (C=O) groups is 1. The summed E-state index contributed by atoms with van der Waals surface area (Å²) >= 11 is 1.15. The smallest absolute Gasteiger partial charge is 0.321 e. The van der Waals surface area contributed by atoms with Gasteiger partial charge in [-0.25, -0.2) is 28.2 Å². The second-order valence-electron chi connectivity index (χ2n) is 10.5. The van der Waals surface area contributed by atoms with Crippen LogP contribution in [0.4, 0.5) is 16.3 Å². The molecule has 1 aliphatic heterocycles. The van der Waals surface area contributed by atoms with Gasteiger partial charge in [0.15, 0.2) is 5.82 Å². The molecule has 1 aliphatic carbocycles. The van der Waals surface area contributed by atoms with Crippen LogP contribution in [0, 0.1) is 6.92 Å². The van der Waals surface area contributed by atoms with Gasteiger partial charge in [0.25, 0.3) is 0 Å². The van der Waals surface area contributed by atoms with Crippen LogP contribution in [-0.2, 0) is 14.6 Å². The van der Waals surface area contributed by atoms with E-state index >= 15 is 0 Å². The van der Waals surface area contributed by atoms with Crippen LogP contribution in [0.25, 0.3) is 11.4 Å². The minimum atomic E-state index is -3.55. The summed E-state index contributed by atoms with van der Waals surface area (Å²) in [4.78, 5) is 28.1. The first kappa shape index (κ1) is 27.4. The van der Waals surface area contributed by atoms with Crippen molar-refractivity contribution in [2.45, 2.75) is 61.4 Å². The molecule has 39 heavy (non-hydrogen) atoms. The number of rotatable bonds is 7. The number of benzene rings is 1. The minimum absolute atomic E-state index is 0.104. The maximum absolute atomic E-state index is 13.2. The number of hydrogen-bond acceptors (Lipinski definition) is 10. The van der Waals surface area contributed by atoms with E-state index in [0.717, 1.165) is 22.7 Å². The molecule has 2 fully saturated rings. The van der Waals surface area contributed by atoms with Gasteiger partial charge in [0.05, 0.1) is 30.2 Å². The first-order valence-electron chi connectivity index (χ1n) is 12.7. The summed E-state index contributed by atoms with van der Waals surface area (Å²) in [6.07, 6.45) is 0.481. The highest BCUT2D eigenvalue weighted by molar-refractivity contribution is 7.94. The number of nitrogens with one attached hydrogen (secondary N) is 2. The molecule has 208 valence electrons. The Balaban J connectivity index is 1.44. The third kappa shape index (κ3) is 6.21. The zero-order valence-corrected chi connectivity index (χ0v) is 23.8. The molecule has 1 aromatic carbocycles. The van der Waals surface area contributed by atoms with Crippen molar-refractivity contribution in [2.24, 2.45) is 0 Å². The number of nitrogens with zero attached hydrogens (tertiary/aromatic N) is 4. The summed E-state index contributed by atoms with van der Waals surface area (Å²) < 4.78 is 32.2. The average Bonchev–Trinajstić information content (AvgIpc) is 3.57. The van der Waals surface area contributed by atoms with Gasteiger partial charge in [-0.2, -0.15) is 0 Å². The maximum Gasteiger partial charge on any atom is 0.321 e. The fraction of sp³-hybridized carbons (Fsp3) is 0.462. The number of aliphatic hydroxyl groups is 1. The molecule has 1 saturated heterocycles. The molecule has 3 aromatic rings. The van der Waals surface area contributed by atoms with E-state index in [1.165, 1.54) is 13.8 Å². The van der Waals surface area contributed by atoms with Gasteiger partial charge < -0.3 is 25.4 Å². The number of urea groups is 1. The molecule has 2 aliphatic rings. The molecule has 0 radical (unpaired) electrons. The summed E-state index contributed by atoms with van der Waals surface area (Å²) in [6.45, 7) is 8.62. The van der Waals surface area contributed by atoms with Gasteiger partial charge >= 0.3 is 6.03 Å². The number of morpholine rings is 1. The second kappa shape index (κ2) is 10.5. The molecular weight excluding hydrogens is 540 g/mol. The number of aromatic nitrogens is 3. The molecule has 2 amide bonds. The third-order valence-electron chi connectivity index (χ3n) is 6.57. The van der Waals surface area contributed by atoms with E-state index in [4.69, 9.17) is 14.7 Å². The lowest BCUT2D eigenvalue weighted by Crippen LogP contribution is -2.45. The van der Waals surface area contributed by atoms with Crippen LogP contribution in [0.15, 0.2) is 40.1 Å². The Labute approximate surface area is 231 Å². The molecule has 3 heterocycles. The van der Waals surface area contributed by atoms with Crippen molar-refractivity contribution >= 4 is 38.7 Å². The average molecular weight is 573 g/mol. The predicted octanol–water partition coefficient (Wildman–Crippen LogP) is 3.31. The summed E-state index contributed by atoms with van der Waals surface area (Å²) in [6, 6.07) is 8.51. The number of ether oxygens (including phenoxy) is 1. The van der Waals surface area contributed by atoms with Crippen LogP contribution < -0.4 is 15.5 Å². The van der Waals surface area contributed by atoms with Gasteiger partial charge in [-0.05, 0) is 58.4 Å². The van der Waals surface area contributed by atoms with Gasteiger partial charge in [0.1, 0.15) is 11.5 Å². The highest BCUT2D eigenvalue weighted by Gasteiger charge is 2.51. The standard InChI is InChI=1S/C26H32N6O5S2/c1-15-14-38-25(27-15)39(35,36)21-11-19(21)20-12-22(32-9-10-37-13-16(32)2)30-23(29-20)17-5-7-18(8-6-17)28-24(33)31-26(3,4)34/h5-8,12,14,16,19,21,34H,9-11,13H2,1-4H3,(H2,28,31,33)/t16-,19?,21?/m0/s1. The van der Waals surface area contributed by atoms with Crippen LogP contribution in [0.2, 0.25) is 0 Å². The first-order chi connectivity index (χ1) is 18.4. The first-order valence-corrected chi connectivity index (χ1v) is 15.1. The largest absolute Gasteiger partial charge is 0.377 e. The van der Waals surface area contributed by atoms with Gasteiger partial charge in [-0.1, -0.05) is 0 Å². The van der Waals surface area contributed by atoms with E-state index < -0.39 is 26.8 Å². The minimum Gasteiger partial charge on any atom is -0.377 e. The quantitative estimate of drug-likeness (QED) is 0.363. The SMILES string of the molecule is Cc1csc(S(=O)(=O)C2CC2c2cc(N3CCOC[C@@H]3C)nc(-c3ccc(NC(=O)NC(C)(C)O)cc3)n2)n1. The molecule has 11 nitrogen and oxygen atoms in total. The van der Waals surface area contributed by atoms with E-state index in [1.54, 1.807) is 36.6 Å². The van der Waals surface area contributed by atoms with Crippen molar-refractivity contribution in [1.82, 2.24) is 20.3 Å². The summed E-state index contributed by atoms with van der Waals surface area (Å²) in [5.74, 6) is 0.954. The Morgan fingerprint density at radius 1 is 1.21 bits per heavy atom. The Bertz CT molecular complexity index is 1470. The molecule has 2 aromatic heterocycles. The van der Waals surface area contributed by atoms with E-state index in [0.29, 0.717) is 49.1 Å². The van der Waals surface area contributed by atoms with E-state index in [1.807, 2.05) is 6.07 Å². The van der Waals surface area contributed by atoms with Crippen LogP contribution in [0.3, 0.4) is 0 Å². The van der Waals surface area contributed by atoms with Crippen molar-refractivity contribution in [2.75, 3.05) is 30.0 Å². The fourth-order valence-corrected chi connectivity index (χ4v) is 7.68. The fourth-order valence-electron chi connectivity index (χ4n) is 4.55. The predicted molar refractivity (Wildman–Crippen MR) is 149 cm³/mol. The lowest BCUT2D eigenvalue weighted by atomic mass is 10.1. The number of anilines is 2. The van der Waals surface area contributed by atoms with Crippen molar-refractivity contribution < 1.29 is 23.1 Å². The normalized spacial score (nSPS) is 21.5. The molecule has 0 spiro atoms. The molecule has 2 unspecified atom stereocenters. The highest BCUT2D eigenvalue weighted by Crippen LogP contribution is 2.48. The van der Waals surface area contributed by atoms with Crippen LogP contribution in [0.5, 0.6) is 0 Å². The van der Waals surface area contributed by atoms with Crippen molar-refractivity contribution in [3.05, 3.63) is 47.1 Å². The van der Waals surface area contributed by atoms with E-state index in [2.05, 4.69) is 27.4 Å². The van der Waals surface area contributed by atoms with Crippen LogP contribution in [0.1, 0.15) is 44.5 Å². The zero-order chi connectivity index (χ0) is 27.9. The lowest BCUT2D eigenvalue weighted by molar-refractivity contribution is 0.0569. The number of sulfone groups is 1. The number of carbonyl (C=O) groups excluding carboxylic acids is 1. The maximum atomic E-state index is 13.2. The van der Waals surface area contributed by atoms with Crippen molar-refractivity contribution in [3.63, 3.8) is 0 Å². The molecule has 13 heteroatoms. The number of hydrogen-bond donors (Lipinski definition) is 3. The topological polar surface area (TPSA) is 147 Å². The van der Waals surface area contributed by atoms with E-state index in [9.17, 15) is 18.3 Å².